The van der Waals surface area contributed by atoms with Crippen molar-refractivity contribution >= 4 is 27.8 Å². The van der Waals surface area contributed by atoms with E-state index in [1.807, 2.05) is 0 Å². The summed E-state index contributed by atoms with van der Waals surface area (Å²) in [6, 6.07) is 0. The second-order valence-corrected chi connectivity index (χ2v) is 4.82. The van der Waals surface area contributed by atoms with E-state index in [1.54, 1.807) is 27.7 Å². The van der Waals surface area contributed by atoms with Gasteiger partial charge in [-0.2, -0.15) is 0 Å². The highest BCUT2D eigenvalue weighted by molar-refractivity contribution is 9.10. The molecule has 1 rings (SSSR count). The number of ether oxygens (including phenoxy) is 1. The van der Waals surface area contributed by atoms with Crippen molar-refractivity contribution in [3.8, 4) is 0 Å². The number of halogens is 1. The van der Waals surface area contributed by atoms with Gasteiger partial charge in [0.2, 0.25) is 0 Å². The first kappa shape index (κ1) is 12.0. The molecule has 0 saturated carbocycles. The monoisotopic (exact) mass is 276 g/mol. The first-order valence-electron chi connectivity index (χ1n) is 4.41. The molecule has 15 heavy (non-hydrogen) atoms. The van der Waals surface area contributed by atoms with Crippen molar-refractivity contribution in [2.45, 2.75) is 33.3 Å². The van der Waals surface area contributed by atoms with Crippen LogP contribution < -0.4 is 5.32 Å². The Bertz CT molecular complexity index is 368. The van der Waals surface area contributed by atoms with Gasteiger partial charge in [-0.05, 0) is 43.6 Å². The van der Waals surface area contributed by atoms with Gasteiger partial charge in [-0.25, -0.2) is 4.79 Å². The molecule has 1 aromatic rings. The SMILES string of the molecule is Cc1onc(NC(=O)OC(C)(C)C)c1Br. The number of nitrogens with zero attached hydrogens (tertiary/aromatic N) is 1. The van der Waals surface area contributed by atoms with Gasteiger partial charge in [-0.1, -0.05) is 5.16 Å². The molecule has 0 radical (unpaired) electrons. The second kappa shape index (κ2) is 4.22. The molecule has 1 heterocycles. The van der Waals surface area contributed by atoms with Gasteiger partial charge in [0.25, 0.3) is 0 Å². The van der Waals surface area contributed by atoms with E-state index in [1.165, 1.54) is 0 Å². The van der Waals surface area contributed by atoms with Crippen molar-refractivity contribution in [1.82, 2.24) is 5.16 Å². The number of carbonyl (C=O) groups excluding carboxylic acids is 1. The highest BCUT2D eigenvalue weighted by atomic mass is 79.9. The van der Waals surface area contributed by atoms with Gasteiger partial charge in [-0.3, -0.25) is 5.32 Å². The fourth-order valence-corrected chi connectivity index (χ4v) is 1.08. The molecule has 0 atom stereocenters. The van der Waals surface area contributed by atoms with Crippen LogP contribution in [0.4, 0.5) is 10.6 Å². The highest BCUT2D eigenvalue weighted by Crippen LogP contribution is 2.25. The van der Waals surface area contributed by atoms with Gasteiger partial charge < -0.3 is 9.26 Å². The summed E-state index contributed by atoms with van der Waals surface area (Å²) in [6.45, 7) is 7.10. The van der Waals surface area contributed by atoms with Crippen molar-refractivity contribution in [2.24, 2.45) is 0 Å². The second-order valence-electron chi connectivity index (χ2n) is 4.03. The van der Waals surface area contributed by atoms with Crippen LogP contribution in [0.2, 0.25) is 0 Å². The van der Waals surface area contributed by atoms with Crippen LogP contribution in [0.5, 0.6) is 0 Å². The van der Waals surface area contributed by atoms with Crippen LogP contribution in [0, 0.1) is 6.92 Å². The predicted octanol–water partition coefficient (Wildman–Crippen LogP) is 3.09. The van der Waals surface area contributed by atoms with Crippen molar-refractivity contribution in [1.29, 1.82) is 0 Å². The summed E-state index contributed by atoms with van der Waals surface area (Å²) in [4.78, 5) is 11.4. The topological polar surface area (TPSA) is 64.4 Å². The number of amides is 1. The zero-order valence-electron chi connectivity index (χ0n) is 9.05. The van der Waals surface area contributed by atoms with Crippen molar-refractivity contribution in [3.05, 3.63) is 10.2 Å². The molecule has 1 amide bonds. The quantitative estimate of drug-likeness (QED) is 0.856. The minimum absolute atomic E-state index is 0.321. The van der Waals surface area contributed by atoms with E-state index in [2.05, 4.69) is 26.4 Å². The maximum absolute atomic E-state index is 11.4. The van der Waals surface area contributed by atoms with E-state index in [9.17, 15) is 4.79 Å². The predicted molar refractivity (Wildman–Crippen MR) is 58.8 cm³/mol. The largest absolute Gasteiger partial charge is 0.444 e. The summed E-state index contributed by atoms with van der Waals surface area (Å²) < 4.78 is 10.5. The van der Waals surface area contributed by atoms with Gasteiger partial charge in [0.1, 0.15) is 15.8 Å². The van der Waals surface area contributed by atoms with Gasteiger partial charge >= 0.3 is 6.09 Å². The molecule has 0 aromatic carbocycles. The Labute approximate surface area is 96.3 Å². The first-order chi connectivity index (χ1) is 6.79. The van der Waals surface area contributed by atoms with Crippen LogP contribution in [0.1, 0.15) is 26.5 Å². The molecule has 0 aliphatic rings. The molecular weight excluding hydrogens is 264 g/mol. The Morgan fingerprint density at radius 1 is 1.53 bits per heavy atom. The van der Waals surface area contributed by atoms with E-state index in [4.69, 9.17) is 9.26 Å². The minimum atomic E-state index is -0.559. The summed E-state index contributed by atoms with van der Waals surface area (Å²) in [6.07, 6.45) is -0.559. The lowest BCUT2D eigenvalue weighted by Crippen LogP contribution is -2.27. The smallest absolute Gasteiger partial charge is 0.413 e. The lowest BCUT2D eigenvalue weighted by Gasteiger charge is -2.18. The Morgan fingerprint density at radius 2 is 2.13 bits per heavy atom. The van der Waals surface area contributed by atoms with Gasteiger partial charge in [0.05, 0.1) is 0 Å². The number of aryl methyl sites for hydroxylation is 1. The van der Waals surface area contributed by atoms with E-state index >= 15 is 0 Å². The zero-order valence-corrected chi connectivity index (χ0v) is 10.6. The van der Waals surface area contributed by atoms with E-state index < -0.39 is 11.7 Å². The van der Waals surface area contributed by atoms with E-state index in [0.717, 1.165) is 0 Å². The zero-order chi connectivity index (χ0) is 11.6. The Balaban J connectivity index is 2.63. The number of carbonyl (C=O) groups is 1. The highest BCUT2D eigenvalue weighted by Gasteiger charge is 2.19. The fourth-order valence-electron chi connectivity index (χ4n) is 0.839. The Hall–Kier alpha value is -1.04. The average Bonchev–Trinajstić information content (AvgIpc) is 2.32. The van der Waals surface area contributed by atoms with Crippen LogP contribution >= 0.6 is 15.9 Å². The molecule has 1 N–H and O–H groups in total. The summed E-state index contributed by atoms with van der Waals surface area (Å²) in [5.41, 5.74) is -0.532. The summed E-state index contributed by atoms with van der Waals surface area (Å²) in [5.74, 6) is 0.919. The first-order valence-corrected chi connectivity index (χ1v) is 5.20. The molecule has 5 nitrogen and oxygen atoms in total. The standard InChI is InChI=1S/C9H13BrN2O3/c1-5-6(10)7(12-15-5)11-8(13)14-9(2,3)4/h1-4H3,(H,11,12,13). The van der Waals surface area contributed by atoms with Crippen LogP contribution in [-0.4, -0.2) is 16.9 Å². The number of hydrogen-bond acceptors (Lipinski definition) is 4. The average molecular weight is 277 g/mol. The summed E-state index contributed by atoms with van der Waals surface area (Å²) >= 11 is 3.23. The molecule has 0 bridgehead atoms. The van der Waals surface area contributed by atoms with Crippen molar-refractivity contribution < 1.29 is 14.1 Å². The maximum Gasteiger partial charge on any atom is 0.413 e. The Kier molecular flexibility index (Phi) is 3.38. The number of aromatic nitrogens is 1. The number of anilines is 1. The molecule has 0 fully saturated rings. The van der Waals surface area contributed by atoms with E-state index in [-0.39, 0.29) is 0 Å². The normalized spacial score (nSPS) is 11.3. The molecule has 1 aromatic heterocycles. The van der Waals surface area contributed by atoms with Crippen molar-refractivity contribution in [3.63, 3.8) is 0 Å². The lowest BCUT2D eigenvalue weighted by atomic mass is 10.2. The third-order valence-electron chi connectivity index (χ3n) is 1.41. The van der Waals surface area contributed by atoms with Crippen LogP contribution in [-0.2, 0) is 4.74 Å². The number of nitrogens with one attached hydrogen (secondary N) is 1. The number of hydrogen-bond donors (Lipinski definition) is 1. The fraction of sp³-hybridized carbons (Fsp3) is 0.556. The minimum Gasteiger partial charge on any atom is -0.444 e. The van der Waals surface area contributed by atoms with Crippen LogP contribution in [0.15, 0.2) is 9.00 Å². The molecule has 0 saturated heterocycles. The summed E-state index contributed by atoms with van der Waals surface area (Å²) in [5, 5.41) is 6.13. The van der Waals surface area contributed by atoms with Gasteiger partial charge in [0.15, 0.2) is 5.82 Å². The lowest BCUT2D eigenvalue weighted by molar-refractivity contribution is 0.0634. The van der Waals surface area contributed by atoms with Gasteiger partial charge in [-0.15, -0.1) is 0 Å². The summed E-state index contributed by atoms with van der Waals surface area (Å²) in [7, 11) is 0. The van der Waals surface area contributed by atoms with E-state index in [0.29, 0.717) is 16.1 Å². The Morgan fingerprint density at radius 3 is 2.53 bits per heavy atom. The van der Waals surface area contributed by atoms with Crippen LogP contribution in [0.3, 0.4) is 0 Å². The molecular formula is C9H13BrN2O3. The third kappa shape index (κ3) is 3.54. The van der Waals surface area contributed by atoms with Crippen molar-refractivity contribution in [2.75, 3.05) is 5.32 Å². The molecule has 0 spiro atoms. The van der Waals surface area contributed by atoms with Gasteiger partial charge in [0, 0.05) is 0 Å². The molecule has 84 valence electrons. The van der Waals surface area contributed by atoms with Crippen LogP contribution in [0.25, 0.3) is 0 Å². The molecule has 0 aliphatic heterocycles. The molecule has 0 unspecified atom stereocenters. The third-order valence-corrected chi connectivity index (χ3v) is 2.34. The number of rotatable bonds is 1. The molecule has 0 aliphatic carbocycles. The maximum atomic E-state index is 11.4. The molecule has 6 heteroatoms.